The van der Waals surface area contributed by atoms with Gasteiger partial charge in [0.1, 0.15) is 12.4 Å². The molecule has 0 unspecified atom stereocenters. The summed E-state index contributed by atoms with van der Waals surface area (Å²) in [5.41, 5.74) is 0. The number of carbonyl (C=O) groups is 1. The van der Waals surface area contributed by atoms with Gasteiger partial charge < -0.3 is 9.64 Å². The van der Waals surface area contributed by atoms with Crippen LogP contribution in [0.1, 0.15) is 13.3 Å². The van der Waals surface area contributed by atoms with Crippen LogP contribution < -0.4 is 4.74 Å². The van der Waals surface area contributed by atoms with Gasteiger partial charge in [-0.3, -0.25) is 4.79 Å². The van der Waals surface area contributed by atoms with Crippen LogP contribution in [0.5, 0.6) is 5.88 Å². The molecule has 2 heterocycles. The van der Waals surface area contributed by atoms with Crippen molar-refractivity contribution in [3.8, 4) is 5.88 Å². The van der Waals surface area contributed by atoms with Crippen molar-refractivity contribution in [3.05, 3.63) is 30.7 Å². The third-order valence-corrected chi connectivity index (χ3v) is 2.61. The maximum atomic E-state index is 11.6. The van der Waals surface area contributed by atoms with E-state index in [0.717, 1.165) is 13.0 Å². The predicted molar refractivity (Wildman–Crippen MR) is 62.5 cm³/mol. The van der Waals surface area contributed by atoms with E-state index in [0.29, 0.717) is 12.4 Å². The van der Waals surface area contributed by atoms with E-state index in [1.807, 2.05) is 6.92 Å². The summed E-state index contributed by atoms with van der Waals surface area (Å²) in [6.07, 6.45) is 7.29. The Morgan fingerprint density at radius 3 is 3.24 bits per heavy atom. The van der Waals surface area contributed by atoms with Crippen LogP contribution in [-0.4, -0.2) is 40.0 Å². The summed E-state index contributed by atoms with van der Waals surface area (Å²) in [7, 11) is 0. The normalized spacial score (nSPS) is 19.8. The van der Waals surface area contributed by atoms with Crippen LogP contribution in [-0.2, 0) is 4.79 Å². The minimum atomic E-state index is 0.0270. The molecule has 2 rings (SSSR count). The van der Waals surface area contributed by atoms with Crippen LogP contribution in [0.25, 0.3) is 0 Å². The summed E-state index contributed by atoms with van der Waals surface area (Å²) >= 11 is 0. The number of hydrogen-bond donors (Lipinski definition) is 0. The molecule has 0 radical (unpaired) electrons. The molecule has 1 amide bonds. The van der Waals surface area contributed by atoms with E-state index in [9.17, 15) is 4.79 Å². The van der Waals surface area contributed by atoms with Gasteiger partial charge in [-0.25, -0.2) is 9.97 Å². The lowest BCUT2D eigenvalue weighted by molar-refractivity contribution is -0.125. The van der Waals surface area contributed by atoms with Crippen molar-refractivity contribution >= 4 is 5.91 Å². The number of amides is 1. The number of aromatic nitrogens is 2. The van der Waals surface area contributed by atoms with Crippen LogP contribution >= 0.6 is 0 Å². The molecule has 1 saturated heterocycles. The third kappa shape index (κ3) is 3.03. The molecular weight excluding hydrogens is 218 g/mol. The van der Waals surface area contributed by atoms with E-state index in [4.69, 9.17) is 4.74 Å². The first-order valence-electron chi connectivity index (χ1n) is 5.64. The summed E-state index contributed by atoms with van der Waals surface area (Å²) in [6, 6.07) is 1.72. The topological polar surface area (TPSA) is 55.3 Å². The minimum absolute atomic E-state index is 0.0270. The maximum absolute atomic E-state index is 11.6. The van der Waals surface area contributed by atoms with E-state index < -0.39 is 0 Å². The molecule has 0 aliphatic carbocycles. The van der Waals surface area contributed by atoms with Crippen LogP contribution in [0, 0.1) is 0 Å². The largest absolute Gasteiger partial charge is 0.472 e. The Bertz CT molecular complexity index is 405. The van der Waals surface area contributed by atoms with Gasteiger partial charge in [-0.2, -0.15) is 0 Å². The molecule has 1 aliphatic heterocycles. The molecule has 1 aliphatic rings. The maximum Gasteiger partial charge on any atom is 0.246 e. The van der Waals surface area contributed by atoms with Gasteiger partial charge >= 0.3 is 0 Å². The van der Waals surface area contributed by atoms with Gasteiger partial charge in [-0.15, -0.1) is 0 Å². The summed E-state index contributed by atoms with van der Waals surface area (Å²) in [6.45, 7) is 3.19. The van der Waals surface area contributed by atoms with Gasteiger partial charge in [-0.05, 0) is 13.0 Å². The Morgan fingerprint density at radius 2 is 2.53 bits per heavy atom. The second kappa shape index (κ2) is 5.43. The van der Waals surface area contributed by atoms with Crippen LogP contribution in [0.3, 0.4) is 0 Å². The van der Waals surface area contributed by atoms with Crippen molar-refractivity contribution in [2.24, 2.45) is 0 Å². The second-order valence-electron chi connectivity index (χ2n) is 3.86. The SMILES string of the molecule is C/C=C/C(=O)N1CC[C@@H](Oc2ccncn2)C1. The molecule has 5 heteroatoms. The highest BCUT2D eigenvalue weighted by molar-refractivity contribution is 5.87. The van der Waals surface area contributed by atoms with Crippen molar-refractivity contribution in [3.63, 3.8) is 0 Å². The third-order valence-electron chi connectivity index (χ3n) is 2.61. The van der Waals surface area contributed by atoms with Crippen molar-refractivity contribution in [2.45, 2.75) is 19.4 Å². The Morgan fingerprint density at radius 1 is 1.65 bits per heavy atom. The van der Waals surface area contributed by atoms with Crippen molar-refractivity contribution < 1.29 is 9.53 Å². The van der Waals surface area contributed by atoms with Crippen LogP contribution in [0.15, 0.2) is 30.7 Å². The van der Waals surface area contributed by atoms with Crippen LogP contribution in [0.4, 0.5) is 0 Å². The van der Waals surface area contributed by atoms with Gasteiger partial charge in [0.05, 0.1) is 6.54 Å². The monoisotopic (exact) mass is 233 g/mol. The molecule has 0 spiro atoms. The van der Waals surface area contributed by atoms with Gasteiger partial charge in [0, 0.05) is 25.2 Å². The molecule has 1 atom stereocenters. The molecule has 1 aromatic rings. The van der Waals surface area contributed by atoms with E-state index in [1.54, 1.807) is 29.3 Å². The van der Waals surface area contributed by atoms with Crippen molar-refractivity contribution in [1.82, 2.24) is 14.9 Å². The Balaban J connectivity index is 1.88. The zero-order valence-electron chi connectivity index (χ0n) is 9.74. The lowest BCUT2D eigenvalue weighted by Crippen LogP contribution is -2.29. The Labute approximate surface area is 100 Å². The van der Waals surface area contributed by atoms with E-state index in [2.05, 4.69) is 9.97 Å². The fourth-order valence-corrected chi connectivity index (χ4v) is 1.79. The van der Waals surface area contributed by atoms with Gasteiger partial charge in [0.25, 0.3) is 0 Å². The van der Waals surface area contributed by atoms with Gasteiger partial charge in [0.15, 0.2) is 0 Å². The lowest BCUT2D eigenvalue weighted by atomic mass is 10.3. The highest BCUT2D eigenvalue weighted by Gasteiger charge is 2.26. The average Bonchev–Trinajstić information content (AvgIpc) is 2.79. The first-order chi connectivity index (χ1) is 8.29. The number of ether oxygens (including phenoxy) is 1. The second-order valence-corrected chi connectivity index (χ2v) is 3.86. The van der Waals surface area contributed by atoms with E-state index in [-0.39, 0.29) is 12.0 Å². The van der Waals surface area contributed by atoms with Crippen LogP contribution in [0.2, 0.25) is 0 Å². The summed E-state index contributed by atoms with van der Waals surface area (Å²) < 4.78 is 5.66. The average molecular weight is 233 g/mol. The number of likely N-dealkylation sites (tertiary alicyclic amines) is 1. The Hall–Kier alpha value is -1.91. The minimum Gasteiger partial charge on any atom is -0.472 e. The van der Waals surface area contributed by atoms with Gasteiger partial charge in [-0.1, -0.05) is 6.08 Å². The molecule has 1 fully saturated rings. The fraction of sp³-hybridized carbons (Fsp3) is 0.417. The standard InChI is InChI=1S/C12H15N3O2/c1-2-3-12(16)15-7-5-10(8-15)17-11-4-6-13-9-14-11/h2-4,6,9-10H,5,7-8H2,1H3/b3-2+/t10-/m1/s1. The molecule has 1 aromatic heterocycles. The molecule has 5 nitrogen and oxygen atoms in total. The summed E-state index contributed by atoms with van der Waals surface area (Å²) in [5.74, 6) is 0.603. The summed E-state index contributed by atoms with van der Waals surface area (Å²) in [5, 5.41) is 0. The quantitative estimate of drug-likeness (QED) is 0.732. The van der Waals surface area contributed by atoms with Gasteiger partial charge in [0.2, 0.25) is 11.8 Å². The highest BCUT2D eigenvalue weighted by Crippen LogP contribution is 2.15. The highest BCUT2D eigenvalue weighted by atomic mass is 16.5. The smallest absolute Gasteiger partial charge is 0.246 e. The zero-order valence-corrected chi connectivity index (χ0v) is 9.74. The van der Waals surface area contributed by atoms with Crippen molar-refractivity contribution in [2.75, 3.05) is 13.1 Å². The molecule has 0 bridgehead atoms. The number of rotatable bonds is 3. The van der Waals surface area contributed by atoms with Crippen molar-refractivity contribution in [1.29, 1.82) is 0 Å². The molecule has 0 aromatic carbocycles. The predicted octanol–water partition coefficient (Wildman–Crippen LogP) is 1.03. The molecular formula is C12H15N3O2. The molecule has 90 valence electrons. The van der Waals surface area contributed by atoms with E-state index >= 15 is 0 Å². The molecule has 17 heavy (non-hydrogen) atoms. The van der Waals surface area contributed by atoms with E-state index in [1.165, 1.54) is 6.33 Å². The number of carbonyl (C=O) groups excluding carboxylic acids is 1. The zero-order chi connectivity index (χ0) is 12.1. The lowest BCUT2D eigenvalue weighted by Gasteiger charge is -2.14. The first kappa shape index (κ1) is 11.6. The first-order valence-corrected chi connectivity index (χ1v) is 5.64. The summed E-state index contributed by atoms with van der Waals surface area (Å²) in [4.78, 5) is 21.2. The number of nitrogens with zero attached hydrogens (tertiary/aromatic N) is 3. The number of hydrogen-bond acceptors (Lipinski definition) is 4. The fourth-order valence-electron chi connectivity index (χ4n) is 1.79. The molecule has 0 N–H and O–H groups in total. The Kier molecular flexibility index (Phi) is 3.69. The molecule has 0 saturated carbocycles. The number of allylic oxidation sites excluding steroid dienone is 1.